The average molecular weight is 486 g/mol. The van der Waals surface area contributed by atoms with Crippen LogP contribution in [0.25, 0.3) is 10.2 Å². The number of hydrogen-bond donors (Lipinski definition) is 2. The van der Waals surface area contributed by atoms with E-state index in [4.69, 9.17) is 10.7 Å². The molecule has 2 heterocycles. The molecule has 6 heteroatoms. The minimum Gasteiger partial charge on any atom is -0.397 e. The Bertz CT molecular complexity index is 1140. The molecular formula is C24H28BrN3OS. The fourth-order valence-corrected chi connectivity index (χ4v) is 5.80. The maximum atomic E-state index is 13.0. The molecule has 1 unspecified atom stereocenters. The van der Waals surface area contributed by atoms with Crippen LogP contribution in [-0.2, 0) is 12.8 Å². The van der Waals surface area contributed by atoms with Gasteiger partial charge in [-0.05, 0) is 82.8 Å². The molecule has 158 valence electrons. The molecule has 1 amide bonds. The number of nitrogens with zero attached hydrogens (tertiary/aromatic N) is 1. The largest absolute Gasteiger partial charge is 0.397 e. The summed E-state index contributed by atoms with van der Waals surface area (Å²) in [7, 11) is 0. The summed E-state index contributed by atoms with van der Waals surface area (Å²) in [4.78, 5) is 19.2. The van der Waals surface area contributed by atoms with E-state index in [-0.39, 0.29) is 5.91 Å². The SMILES string of the molecule is CCC(C)(C)C1CCc2nc3sc(C(=O)Nc4ccc(C)cc4Br)c(N)c3cc2C1. The van der Waals surface area contributed by atoms with Crippen LogP contribution in [-0.4, -0.2) is 10.9 Å². The van der Waals surface area contributed by atoms with E-state index < -0.39 is 0 Å². The number of aryl methyl sites for hydroxylation is 2. The maximum absolute atomic E-state index is 13.0. The lowest BCUT2D eigenvalue weighted by atomic mass is 9.69. The molecule has 0 spiro atoms. The number of nitrogens with two attached hydrogens (primary N) is 1. The molecule has 1 atom stereocenters. The van der Waals surface area contributed by atoms with Crippen molar-refractivity contribution in [1.29, 1.82) is 0 Å². The zero-order valence-corrected chi connectivity index (χ0v) is 20.3. The minimum atomic E-state index is -0.192. The average Bonchev–Trinajstić information content (AvgIpc) is 3.03. The summed E-state index contributed by atoms with van der Waals surface area (Å²) >= 11 is 4.90. The molecule has 0 fully saturated rings. The summed E-state index contributed by atoms with van der Waals surface area (Å²) in [5, 5.41) is 3.88. The number of hydrogen-bond acceptors (Lipinski definition) is 4. The van der Waals surface area contributed by atoms with Crippen molar-refractivity contribution >= 4 is 54.8 Å². The number of carbonyl (C=O) groups excluding carboxylic acids is 1. The number of anilines is 2. The minimum absolute atomic E-state index is 0.192. The molecule has 0 aliphatic heterocycles. The number of carbonyl (C=O) groups is 1. The quantitative estimate of drug-likeness (QED) is 0.429. The zero-order valence-electron chi connectivity index (χ0n) is 17.9. The van der Waals surface area contributed by atoms with E-state index in [1.807, 2.05) is 25.1 Å². The first-order valence-corrected chi connectivity index (χ1v) is 12.1. The van der Waals surface area contributed by atoms with Gasteiger partial charge in [0.15, 0.2) is 0 Å². The standard InChI is InChI=1S/C24H28BrN3OS/c1-5-24(3,4)15-7-9-18-14(11-15)12-16-20(26)21(30-23(16)28-18)22(29)27-19-8-6-13(2)10-17(19)25/h6,8,10,12,15H,5,7,9,11,26H2,1-4H3,(H,27,29). The number of amides is 1. The first-order valence-electron chi connectivity index (χ1n) is 10.5. The monoisotopic (exact) mass is 485 g/mol. The van der Waals surface area contributed by atoms with Gasteiger partial charge in [-0.3, -0.25) is 4.79 Å². The molecule has 0 radical (unpaired) electrons. The normalized spacial score (nSPS) is 16.5. The Hall–Kier alpha value is -1.92. The summed E-state index contributed by atoms with van der Waals surface area (Å²) in [5.41, 5.74) is 11.6. The van der Waals surface area contributed by atoms with Crippen molar-refractivity contribution in [3.05, 3.63) is 50.4 Å². The van der Waals surface area contributed by atoms with Gasteiger partial charge in [0.1, 0.15) is 9.71 Å². The van der Waals surface area contributed by atoms with Gasteiger partial charge in [0.05, 0.1) is 11.4 Å². The summed E-state index contributed by atoms with van der Waals surface area (Å²) in [6.07, 6.45) is 4.37. The summed E-state index contributed by atoms with van der Waals surface area (Å²) in [6, 6.07) is 8.03. The number of nitrogen functional groups attached to an aromatic ring is 1. The van der Waals surface area contributed by atoms with Gasteiger partial charge < -0.3 is 11.1 Å². The van der Waals surface area contributed by atoms with E-state index in [1.54, 1.807) is 0 Å². The lowest BCUT2D eigenvalue weighted by molar-refractivity contribution is 0.103. The number of halogens is 1. The van der Waals surface area contributed by atoms with Crippen molar-refractivity contribution in [2.24, 2.45) is 11.3 Å². The van der Waals surface area contributed by atoms with Crippen LogP contribution < -0.4 is 11.1 Å². The smallest absolute Gasteiger partial charge is 0.267 e. The fourth-order valence-electron chi connectivity index (χ4n) is 4.22. The van der Waals surface area contributed by atoms with E-state index >= 15 is 0 Å². The van der Waals surface area contributed by atoms with Gasteiger partial charge >= 0.3 is 0 Å². The third-order valence-electron chi connectivity index (χ3n) is 6.68. The van der Waals surface area contributed by atoms with Crippen molar-refractivity contribution in [3.8, 4) is 0 Å². The van der Waals surface area contributed by atoms with Crippen molar-refractivity contribution in [2.45, 2.75) is 53.4 Å². The maximum Gasteiger partial charge on any atom is 0.267 e. The van der Waals surface area contributed by atoms with Crippen LogP contribution in [0.4, 0.5) is 11.4 Å². The topological polar surface area (TPSA) is 68.0 Å². The molecule has 1 aromatic carbocycles. The Balaban J connectivity index is 1.65. The summed E-state index contributed by atoms with van der Waals surface area (Å²) in [5.74, 6) is 0.457. The van der Waals surface area contributed by atoms with Gasteiger partial charge in [0.2, 0.25) is 0 Å². The van der Waals surface area contributed by atoms with Gasteiger partial charge in [-0.2, -0.15) is 0 Å². The molecule has 1 aliphatic rings. The van der Waals surface area contributed by atoms with E-state index in [2.05, 4.69) is 48.1 Å². The third kappa shape index (κ3) is 3.87. The molecule has 2 aromatic heterocycles. The van der Waals surface area contributed by atoms with Gasteiger partial charge in [0, 0.05) is 15.6 Å². The first kappa shape index (κ1) is 21.3. The van der Waals surface area contributed by atoms with E-state index in [9.17, 15) is 4.79 Å². The Morgan fingerprint density at radius 3 is 2.83 bits per heavy atom. The van der Waals surface area contributed by atoms with Gasteiger partial charge in [-0.25, -0.2) is 4.98 Å². The second-order valence-electron chi connectivity index (χ2n) is 9.01. The zero-order chi connectivity index (χ0) is 21.6. The number of nitrogens with one attached hydrogen (secondary N) is 1. The summed E-state index contributed by atoms with van der Waals surface area (Å²) in [6.45, 7) is 9.00. The molecular weight excluding hydrogens is 458 g/mol. The van der Waals surface area contributed by atoms with Crippen molar-refractivity contribution in [2.75, 3.05) is 11.1 Å². The molecule has 0 saturated heterocycles. The van der Waals surface area contributed by atoms with Crippen LogP contribution in [0.15, 0.2) is 28.7 Å². The lowest BCUT2D eigenvalue weighted by Crippen LogP contribution is -2.29. The van der Waals surface area contributed by atoms with Crippen LogP contribution in [0.5, 0.6) is 0 Å². The summed E-state index contributed by atoms with van der Waals surface area (Å²) < 4.78 is 0.855. The van der Waals surface area contributed by atoms with E-state index in [0.29, 0.717) is 21.9 Å². The predicted molar refractivity (Wildman–Crippen MR) is 130 cm³/mol. The van der Waals surface area contributed by atoms with Crippen LogP contribution in [0.1, 0.15) is 60.1 Å². The fraction of sp³-hybridized carbons (Fsp3) is 0.417. The highest BCUT2D eigenvalue weighted by molar-refractivity contribution is 9.10. The highest BCUT2D eigenvalue weighted by atomic mass is 79.9. The van der Waals surface area contributed by atoms with Crippen LogP contribution in [0.3, 0.4) is 0 Å². The molecule has 3 N–H and O–H groups in total. The molecule has 30 heavy (non-hydrogen) atoms. The molecule has 1 aliphatic carbocycles. The Kier molecular flexibility index (Phi) is 5.66. The second-order valence-corrected chi connectivity index (χ2v) is 10.9. The van der Waals surface area contributed by atoms with Crippen LogP contribution >= 0.6 is 27.3 Å². The second kappa shape index (κ2) is 7.97. The van der Waals surface area contributed by atoms with E-state index in [0.717, 1.165) is 38.8 Å². The Morgan fingerprint density at radius 2 is 2.13 bits per heavy atom. The number of rotatable bonds is 4. The molecule has 3 aromatic rings. The molecule has 0 saturated carbocycles. The first-order chi connectivity index (χ1) is 14.2. The number of fused-ring (bicyclic) bond motifs is 2. The van der Waals surface area contributed by atoms with E-state index in [1.165, 1.54) is 35.4 Å². The van der Waals surface area contributed by atoms with Gasteiger partial charge in [0.25, 0.3) is 5.91 Å². The highest BCUT2D eigenvalue weighted by Crippen LogP contribution is 2.42. The number of benzene rings is 1. The number of pyridine rings is 1. The van der Waals surface area contributed by atoms with Gasteiger partial charge in [-0.1, -0.05) is 33.3 Å². The van der Waals surface area contributed by atoms with Crippen LogP contribution in [0.2, 0.25) is 0 Å². The third-order valence-corrected chi connectivity index (χ3v) is 8.45. The Morgan fingerprint density at radius 1 is 1.37 bits per heavy atom. The van der Waals surface area contributed by atoms with Gasteiger partial charge in [-0.15, -0.1) is 11.3 Å². The molecule has 4 nitrogen and oxygen atoms in total. The number of thiophene rings is 1. The molecule has 4 rings (SSSR count). The highest BCUT2D eigenvalue weighted by Gasteiger charge is 2.32. The Labute approximate surface area is 190 Å². The van der Waals surface area contributed by atoms with Crippen LogP contribution in [0, 0.1) is 18.3 Å². The lowest BCUT2D eigenvalue weighted by Gasteiger charge is -2.36. The van der Waals surface area contributed by atoms with Crippen molar-refractivity contribution in [3.63, 3.8) is 0 Å². The molecule has 0 bridgehead atoms. The van der Waals surface area contributed by atoms with Crippen molar-refractivity contribution in [1.82, 2.24) is 4.98 Å². The van der Waals surface area contributed by atoms with Crippen molar-refractivity contribution < 1.29 is 4.79 Å². The number of aromatic nitrogens is 1. The predicted octanol–water partition coefficient (Wildman–Crippen LogP) is 6.74.